The van der Waals surface area contributed by atoms with Gasteiger partial charge in [-0.3, -0.25) is 9.20 Å². The van der Waals surface area contributed by atoms with Crippen molar-refractivity contribution < 1.29 is 4.79 Å². The van der Waals surface area contributed by atoms with Gasteiger partial charge in [-0.1, -0.05) is 54.6 Å². The van der Waals surface area contributed by atoms with Crippen LogP contribution in [0.25, 0.3) is 16.2 Å². The third-order valence-corrected chi connectivity index (χ3v) is 6.29. The van der Waals surface area contributed by atoms with E-state index in [1.165, 1.54) is 11.1 Å². The van der Waals surface area contributed by atoms with Gasteiger partial charge in [0.1, 0.15) is 0 Å². The zero-order valence-electron chi connectivity index (χ0n) is 15.5. The molecule has 4 aromatic rings. The zero-order chi connectivity index (χ0) is 18.9. The molecule has 1 amide bonds. The number of rotatable bonds is 4. The number of aryl methyl sites for hydroxylation is 1. The molecule has 140 valence electrons. The number of thiazole rings is 1. The summed E-state index contributed by atoms with van der Waals surface area (Å²) in [5.74, 6) is 0.0661. The average molecular weight is 388 g/mol. The molecule has 0 unspecified atom stereocenters. The zero-order valence-corrected chi connectivity index (χ0v) is 16.3. The number of fused-ring (bicyclic) bond motifs is 2. The van der Waals surface area contributed by atoms with E-state index in [4.69, 9.17) is 4.98 Å². The van der Waals surface area contributed by atoms with E-state index in [9.17, 15) is 4.79 Å². The van der Waals surface area contributed by atoms with Crippen LogP contribution < -0.4 is 5.32 Å². The molecule has 0 saturated heterocycles. The molecular formula is C23H21N3OS. The number of hydrogen-bond donors (Lipinski definition) is 1. The Hall–Kier alpha value is -2.92. The van der Waals surface area contributed by atoms with E-state index in [1.54, 1.807) is 11.3 Å². The fourth-order valence-corrected chi connectivity index (χ4v) is 4.89. The van der Waals surface area contributed by atoms with Crippen molar-refractivity contribution in [3.63, 3.8) is 0 Å². The topological polar surface area (TPSA) is 46.4 Å². The van der Waals surface area contributed by atoms with Crippen molar-refractivity contribution in [3.05, 3.63) is 83.0 Å². The summed E-state index contributed by atoms with van der Waals surface area (Å²) in [6.07, 6.45) is 5.62. The second-order valence-corrected chi connectivity index (χ2v) is 8.10. The Kier molecular flexibility index (Phi) is 4.45. The van der Waals surface area contributed by atoms with Gasteiger partial charge in [0.25, 0.3) is 0 Å². The van der Waals surface area contributed by atoms with Crippen molar-refractivity contribution >= 4 is 22.2 Å². The second kappa shape index (κ2) is 7.24. The number of amides is 1. The van der Waals surface area contributed by atoms with Crippen molar-refractivity contribution in [2.45, 2.75) is 31.7 Å². The highest BCUT2D eigenvalue weighted by Crippen LogP contribution is 2.29. The van der Waals surface area contributed by atoms with E-state index in [0.29, 0.717) is 6.42 Å². The lowest BCUT2D eigenvalue weighted by molar-refractivity contribution is -0.121. The summed E-state index contributed by atoms with van der Waals surface area (Å²) in [7, 11) is 0. The molecule has 0 fully saturated rings. The molecule has 0 bridgehead atoms. The molecule has 4 nitrogen and oxygen atoms in total. The van der Waals surface area contributed by atoms with Gasteiger partial charge in [0.2, 0.25) is 5.91 Å². The molecule has 0 saturated carbocycles. The predicted molar refractivity (Wildman–Crippen MR) is 112 cm³/mol. The van der Waals surface area contributed by atoms with E-state index in [2.05, 4.69) is 41.7 Å². The lowest BCUT2D eigenvalue weighted by Crippen LogP contribution is -2.32. The Morgan fingerprint density at radius 1 is 1.14 bits per heavy atom. The van der Waals surface area contributed by atoms with Crippen LogP contribution in [0.2, 0.25) is 0 Å². The Bertz CT molecular complexity index is 1130. The maximum absolute atomic E-state index is 12.8. The molecule has 5 rings (SSSR count). The maximum atomic E-state index is 12.8. The quantitative estimate of drug-likeness (QED) is 0.547. The number of hydrogen-bond acceptors (Lipinski definition) is 3. The molecular weight excluding hydrogens is 366 g/mol. The van der Waals surface area contributed by atoms with Crippen LogP contribution in [0.3, 0.4) is 0 Å². The Balaban J connectivity index is 1.34. The minimum Gasteiger partial charge on any atom is -0.349 e. The largest absolute Gasteiger partial charge is 0.349 e. The first-order valence-corrected chi connectivity index (χ1v) is 10.5. The number of benzene rings is 2. The van der Waals surface area contributed by atoms with Crippen LogP contribution in [0.5, 0.6) is 0 Å². The SMILES string of the molecule is O=C(Cc1csc2nc(-c3ccccc3)cn12)N[C@@H]1CCCc2ccccc21. The molecule has 2 aromatic carbocycles. The van der Waals surface area contributed by atoms with Crippen molar-refractivity contribution in [3.8, 4) is 11.3 Å². The number of carbonyl (C=O) groups excluding carboxylic acids is 1. The molecule has 0 spiro atoms. The third-order valence-electron chi connectivity index (χ3n) is 5.40. The van der Waals surface area contributed by atoms with Gasteiger partial charge in [-0.25, -0.2) is 4.98 Å². The third kappa shape index (κ3) is 3.22. The highest BCUT2D eigenvalue weighted by atomic mass is 32.1. The minimum atomic E-state index is 0.0661. The van der Waals surface area contributed by atoms with Crippen LogP contribution in [0.4, 0.5) is 0 Å². The van der Waals surface area contributed by atoms with E-state index < -0.39 is 0 Å². The Labute approximate surface area is 167 Å². The van der Waals surface area contributed by atoms with Gasteiger partial charge in [-0.05, 0) is 30.4 Å². The average Bonchev–Trinajstić information content (AvgIpc) is 3.31. The normalized spacial score (nSPS) is 16.1. The maximum Gasteiger partial charge on any atom is 0.226 e. The Morgan fingerprint density at radius 3 is 2.86 bits per heavy atom. The first-order valence-electron chi connectivity index (χ1n) is 9.66. The van der Waals surface area contributed by atoms with Crippen LogP contribution in [-0.2, 0) is 17.6 Å². The molecule has 5 heteroatoms. The van der Waals surface area contributed by atoms with Gasteiger partial charge in [0, 0.05) is 22.8 Å². The summed E-state index contributed by atoms with van der Waals surface area (Å²) in [6, 6.07) is 18.7. The first-order chi connectivity index (χ1) is 13.8. The summed E-state index contributed by atoms with van der Waals surface area (Å²) < 4.78 is 2.04. The van der Waals surface area contributed by atoms with Crippen molar-refractivity contribution in [2.24, 2.45) is 0 Å². The van der Waals surface area contributed by atoms with Gasteiger partial charge >= 0.3 is 0 Å². The lowest BCUT2D eigenvalue weighted by atomic mass is 9.87. The molecule has 0 radical (unpaired) electrons. The predicted octanol–water partition coefficient (Wildman–Crippen LogP) is 4.80. The summed E-state index contributed by atoms with van der Waals surface area (Å²) in [6.45, 7) is 0. The standard InChI is InChI=1S/C23H21N3OS/c27-22(24-20-12-6-10-16-7-4-5-11-19(16)20)13-18-15-28-23-25-21(14-26(18)23)17-8-2-1-3-9-17/h1-5,7-9,11,14-15,20H,6,10,12-13H2,(H,24,27)/t20-/m1/s1. The second-order valence-electron chi connectivity index (χ2n) is 7.26. The van der Waals surface area contributed by atoms with E-state index >= 15 is 0 Å². The van der Waals surface area contributed by atoms with Crippen LogP contribution >= 0.6 is 11.3 Å². The minimum absolute atomic E-state index is 0.0661. The van der Waals surface area contributed by atoms with Crippen molar-refractivity contribution in [2.75, 3.05) is 0 Å². The fraction of sp³-hybridized carbons (Fsp3) is 0.217. The van der Waals surface area contributed by atoms with Gasteiger partial charge in [-0.2, -0.15) is 0 Å². The fourth-order valence-electron chi connectivity index (χ4n) is 4.02. The number of carbonyl (C=O) groups is 1. The summed E-state index contributed by atoms with van der Waals surface area (Å²) >= 11 is 1.58. The Morgan fingerprint density at radius 2 is 1.96 bits per heavy atom. The number of imidazole rings is 1. The monoisotopic (exact) mass is 387 g/mol. The van der Waals surface area contributed by atoms with E-state index in [-0.39, 0.29) is 11.9 Å². The van der Waals surface area contributed by atoms with Crippen LogP contribution in [0, 0.1) is 0 Å². The van der Waals surface area contributed by atoms with E-state index in [0.717, 1.165) is 41.2 Å². The summed E-state index contributed by atoms with van der Waals surface area (Å²) in [5, 5.41) is 5.28. The van der Waals surface area contributed by atoms with Gasteiger partial charge in [0.05, 0.1) is 18.2 Å². The van der Waals surface area contributed by atoms with Gasteiger partial charge in [0.15, 0.2) is 4.96 Å². The molecule has 2 heterocycles. The summed E-state index contributed by atoms with van der Waals surface area (Å²) in [4.78, 5) is 18.4. The van der Waals surface area contributed by atoms with Crippen LogP contribution in [0.15, 0.2) is 66.2 Å². The molecule has 2 aromatic heterocycles. The molecule has 1 atom stereocenters. The number of nitrogens with zero attached hydrogens (tertiary/aromatic N) is 2. The number of nitrogens with one attached hydrogen (secondary N) is 1. The highest BCUT2D eigenvalue weighted by Gasteiger charge is 2.22. The molecule has 0 aliphatic heterocycles. The number of aromatic nitrogens is 2. The van der Waals surface area contributed by atoms with Crippen molar-refractivity contribution in [1.29, 1.82) is 0 Å². The van der Waals surface area contributed by atoms with Crippen LogP contribution in [0.1, 0.15) is 35.7 Å². The lowest BCUT2D eigenvalue weighted by Gasteiger charge is -2.26. The van der Waals surface area contributed by atoms with E-state index in [1.807, 2.05) is 34.2 Å². The first kappa shape index (κ1) is 17.2. The highest BCUT2D eigenvalue weighted by molar-refractivity contribution is 7.15. The molecule has 1 N–H and O–H groups in total. The smallest absolute Gasteiger partial charge is 0.226 e. The molecule has 1 aliphatic carbocycles. The van der Waals surface area contributed by atoms with Gasteiger partial charge in [-0.15, -0.1) is 11.3 Å². The molecule has 1 aliphatic rings. The van der Waals surface area contributed by atoms with Crippen molar-refractivity contribution in [1.82, 2.24) is 14.7 Å². The molecule has 28 heavy (non-hydrogen) atoms. The summed E-state index contributed by atoms with van der Waals surface area (Å²) in [5.41, 5.74) is 5.64. The van der Waals surface area contributed by atoms with Gasteiger partial charge < -0.3 is 5.32 Å². The van der Waals surface area contributed by atoms with Crippen LogP contribution in [-0.4, -0.2) is 15.3 Å².